The maximum atomic E-state index is 12.2. The summed E-state index contributed by atoms with van der Waals surface area (Å²) >= 11 is 0. The molecule has 168 valence electrons. The zero-order valence-corrected chi connectivity index (χ0v) is 19.3. The van der Waals surface area contributed by atoms with Crippen LogP contribution in [-0.4, -0.2) is 67.7 Å². The molecule has 7 nitrogen and oxygen atoms in total. The maximum absolute atomic E-state index is 12.2. The molecule has 3 N–H and O–H groups in total. The highest BCUT2D eigenvalue weighted by Crippen LogP contribution is 2.15. The number of carbonyl (C=O) groups excluding carboxylic acids is 1. The molecule has 1 fully saturated rings. The number of nitrogens with zero attached hydrogens (tertiary/aromatic N) is 2. The van der Waals surface area contributed by atoms with Crippen molar-refractivity contribution < 1.29 is 9.53 Å². The molecule has 1 heterocycles. The van der Waals surface area contributed by atoms with Gasteiger partial charge < -0.3 is 20.7 Å². The van der Waals surface area contributed by atoms with Crippen molar-refractivity contribution in [1.29, 1.82) is 0 Å². The van der Waals surface area contributed by atoms with Gasteiger partial charge in [0, 0.05) is 43.3 Å². The van der Waals surface area contributed by atoms with Crippen LogP contribution in [0.5, 0.6) is 0 Å². The van der Waals surface area contributed by atoms with Gasteiger partial charge in [-0.2, -0.15) is 0 Å². The van der Waals surface area contributed by atoms with E-state index in [-0.39, 0.29) is 17.5 Å². The molecule has 0 saturated carbocycles. The molecule has 1 aromatic rings. The number of morpholine rings is 1. The fourth-order valence-corrected chi connectivity index (χ4v) is 3.26. The molecule has 0 aromatic heterocycles. The monoisotopic (exact) mass is 417 g/mol. The van der Waals surface area contributed by atoms with E-state index < -0.39 is 0 Å². The predicted octanol–water partition coefficient (Wildman–Crippen LogP) is 2.38. The minimum Gasteiger partial charge on any atom is -0.379 e. The van der Waals surface area contributed by atoms with Crippen LogP contribution in [0.15, 0.2) is 29.3 Å². The van der Waals surface area contributed by atoms with Gasteiger partial charge in [-0.25, -0.2) is 4.99 Å². The third-order valence-electron chi connectivity index (χ3n) is 5.53. The minimum atomic E-state index is -0.0280. The summed E-state index contributed by atoms with van der Waals surface area (Å²) in [5.41, 5.74) is 1.77. The lowest BCUT2D eigenvalue weighted by Gasteiger charge is -2.41. The Balaban J connectivity index is 1.92. The summed E-state index contributed by atoms with van der Waals surface area (Å²) < 4.78 is 5.47. The van der Waals surface area contributed by atoms with Gasteiger partial charge in [0.15, 0.2) is 5.96 Å². The van der Waals surface area contributed by atoms with Crippen molar-refractivity contribution >= 4 is 11.9 Å². The third-order valence-corrected chi connectivity index (χ3v) is 5.53. The molecule has 1 aliphatic rings. The molecule has 7 heteroatoms. The molecular weight excluding hydrogens is 378 g/mol. The molecule has 1 saturated heterocycles. The summed E-state index contributed by atoms with van der Waals surface area (Å²) in [4.78, 5) is 19.4. The van der Waals surface area contributed by atoms with Crippen molar-refractivity contribution in [3.63, 3.8) is 0 Å². The van der Waals surface area contributed by atoms with Gasteiger partial charge in [-0.1, -0.05) is 19.1 Å². The molecule has 2 rings (SSSR count). The molecule has 0 radical (unpaired) electrons. The van der Waals surface area contributed by atoms with E-state index in [0.29, 0.717) is 12.1 Å². The van der Waals surface area contributed by atoms with Crippen LogP contribution in [0.1, 0.15) is 57.0 Å². The summed E-state index contributed by atoms with van der Waals surface area (Å²) in [7, 11) is 0. The highest BCUT2D eigenvalue weighted by Gasteiger charge is 2.28. The first-order valence-electron chi connectivity index (χ1n) is 11.1. The molecule has 0 bridgehead atoms. The molecule has 0 spiro atoms. The zero-order chi connectivity index (χ0) is 22.0. The number of nitrogens with one attached hydrogen (secondary N) is 3. The van der Waals surface area contributed by atoms with Gasteiger partial charge in [0.2, 0.25) is 0 Å². The van der Waals surface area contributed by atoms with Crippen molar-refractivity contribution in [3.05, 3.63) is 35.4 Å². The number of rotatable bonds is 9. The molecule has 1 amide bonds. The first-order chi connectivity index (χ1) is 14.4. The van der Waals surface area contributed by atoms with E-state index in [0.717, 1.165) is 57.3 Å². The van der Waals surface area contributed by atoms with Crippen LogP contribution >= 0.6 is 0 Å². The van der Waals surface area contributed by atoms with Gasteiger partial charge in [-0.3, -0.25) is 9.69 Å². The number of hydrogen-bond donors (Lipinski definition) is 3. The zero-order valence-electron chi connectivity index (χ0n) is 19.3. The highest BCUT2D eigenvalue weighted by molar-refractivity contribution is 5.94. The van der Waals surface area contributed by atoms with Crippen LogP contribution in [0.4, 0.5) is 0 Å². The fraction of sp³-hybridized carbons (Fsp3) is 0.652. The molecule has 1 aliphatic heterocycles. The summed E-state index contributed by atoms with van der Waals surface area (Å²) in [5.74, 6) is 0.775. The van der Waals surface area contributed by atoms with Gasteiger partial charge in [-0.15, -0.1) is 0 Å². The number of ether oxygens (including phenoxy) is 1. The summed E-state index contributed by atoms with van der Waals surface area (Å²) in [6.45, 7) is 16.3. The van der Waals surface area contributed by atoms with Crippen LogP contribution in [0.25, 0.3) is 0 Å². The third kappa shape index (κ3) is 7.61. The molecule has 0 aliphatic carbocycles. The quantitative estimate of drug-likeness (QED) is 0.425. The van der Waals surface area contributed by atoms with Gasteiger partial charge in [0.1, 0.15) is 0 Å². The number of benzene rings is 1. The topological polar surface area (TPSA) is 78.0 Å². The minimum absolute atomic E-state index is 0.0185. The number of hydrogen-bond acceptors (Lipinski definition) is 4. The number of aliphatic imine (C=N–C) groups is 1. The Kier molecular flexibility index (Phi) is 9.59. The Labute approximate surface area is 181 Å². The van der Waals surface area contributed by atoms with E-state index in [9.17, 15) is 4.79 Å². The Morgan fingerprint density at radius 1 is 1.17 bits per heavy atom. The van der Waals surface area contributed by atoms with E-state index in [2.05, 4.69) is 48.5 Å². The van der Waals surface area contributed by atoms with E-state index in [1.807, 2.05) is 31.2 Å². The lowest BCUT2D eigenvalue weighted by atomic mass is 10.0. The summed E-state index contributed by atoms with van der Waals surface area (Å²) in [6, 6.07) is 7.85. The molecule has 1 unspecified atom stereocenters. The van der Waals surface area contributed by atoms with Crippen molar-refractivity contribution in [1.82, 2.24) is 20.9 Å². The van der Waals surface area contributed by atoms with Crippen molar-refractivity contribution in [2.45, 2.75) is 59.2 Å². The highest BCUT2D eigenvalue weighted by atomic mass is 16.5. The lowest BCUT2D eigenvalue weighted by Crippen LogP contribution is -2.56. The Morgan fingerprint density at radius 3 is 2.43 bits per heavy atom. The van der Waals surface area contributed by atoms with Gasteiger partial charge in [0.05, 0.1) is 19.8 Å². The second-order valence-corrected chi connectivity index (χ2v) is 8.44. The average Bonchev–Trinajstić information content (AvgIpc) is 2.76. The maximum Gasteiger partial charge on any atom is 0.251 e. The largest absolute Gasteiger partial charge is 0.379 e. The first kappa shape index (κ1) is 24.2. The second-order valence-electron chi connectivity index (χ2n) is 8.44. The molecule has 1 aromatic carbocycles. The van der Waals surface area contributed by atoms with Crippen LogP contribution in [0.2, 0.25) is 0 Å². The van der Waals surface area contributed by atoms with Crippen LogP contribution in [0.3, 0.4) is 0 Å². The number of amides is 1. The van der Waals surface area contributed by atoms with Crippen LogP contribution in [-0.2, 0) is 11.3 Å². The van der Waals surface area contributed by atoms with E-state index in [1.165, 1.54) is 0 Å². The van der Waals surface area contributed by atoms with Crippen molar-refractivity contribution in [2.24, 2.45) is 4.99 Å². The lowest BCUT2D eigenvalue weighted by molar-refractivity contribution is -0.00834. The number of carbonyl (C=O) groups is 1. The SMILES string of the molecule is CCNC(=NCc1ccc(C(=O)NC(C)CC)cc1)NCC(C)(C)N1CCOCC1. The second kappa shape index (κ2) is 11.9. The number of guanidine groups is 1. The molecule has 1 atom stereocenters. The van der Waals surface area contributed by atoms with Crippen molar-refractivity contribution in [2.75, 3.05) is 39.4 Å². The van der Waals surface area contributed by atoms with Gasteiger partial charge in [0.25, 0.3) is 5.91 Å². The smallest absolute Gasteiger partial charge is 0.251 e. The summed E-state index contributed by atoms with van der Waals surface area (Å²) in [5, 5.41) is 9.79. The first-order valence-corrected chi connectivity index (χ1v) is 11.1. The van der Waals surface area contributed by atoms with Gasteiger partial charge in [-0.05, 0) is 51.8 Å². The molecular formula is C23H39N5O2. The van der Waals surface area contributed by atoms with Gasteiger partial charge >= 0.3 is 0 Å². The normalized spacial score (nSPS) is 16.8. The van der Waals surface area contributed by atoms with Crippen LogP contribution in [0, 0.1) is 0 Å². The van der Waals surface area contributed by atoms with E-state index in [1.54, 1.807) is 0 Å². The van der Waals surface area contributed by atoms with Crippen LogP contribution < -0.4 is 16.0 Å². The predicted molar refractivity (Wildman–Crippen MR) is 123 cm³/mol. The fourth-order valence-electron chi connectivity index (χ4n) is 3.26. The van der Waals surface area contributed by atoms with Crippen molar-refractivity contribution in [3.8, 4) is 0 Å². The Bertz CT molecular complexity index is 681. The molecule has 30 heavy (non-hydrogen) atoms. The average molecular weight is 418 g/mol. The van der Waals surface area contributed by atoms with E-state index in [4.69, 9.17) is 9.73 Å². The van der Waals surface area contributed by atoms with E-state index >= 15 is 0 Å². The Hall–Kier alpha value is -2.12. The Morgan fingerprint density at radius 2 is 1.83 bits per heavy atom. The summed E-state index contributed by atoms with van der Waals surface area (Å²) in [6.07, 6.45) is 0.918. The standard InChI is InChI=1S/C23H39N5O2/c1-6-18(3)27-21(29)20-10-8-19(9-11-20)16-25-22(24-7-2)26-17-23(4,5)28-12-14-30-15-13-28/h8-11,18H,6-7,12-17H2,1-5H3,(H,27,29)(H2,24,25,26).